The zero-order valence-corrected chi connectivity index (χ0v) is 9.14. The first-order chi connectivity index (χ1) is 8.01. The van der Waals surface area contributed by atoms with Gasteiger partial charge in [-0.25, -0.2) is 0 Å². The number of hydrogen-bond donors (Lipinski definition) is 1. The minimum absolute atomic E-state index is 0.0451. The average Bonchev–Trinajstić information content (AvgIpc) is 2.26. The van der Waals surface area contributed by atoms with Crippen molar-refractivity contribution in [3.8, 4) is 6.07 Å². The van der Waals surface area contributed by atoms with E-state index in [1.165, 1.54) is 6.07 Å². The fourth-order valence-corrected chi connectivity index (χ4v) is 1.61. The molecule has 0 radical (unpaired) electrons. The van der Waals surface area contributed by atoms with Gasteiger partial charge in [-0.05, 0) is 12.0 Å². The first kappa shape index (κ1) is 12.6. The van der Waals surface area contributed by atoms with Crippen LogP contribution in [0.15, 0.2) is 12.1 Å². The Bertz CT molecular complexity index is 517. The van der Waals surface area contributed by atoms with Crippen LogP contribution in [0.1, 0.15) is 23.6 Å². The molecule has 0 unspecified atom stereocenters. The minimum atomic E-state index is -1.17. The van der Waals surface area contributed by atoms with E-state index in [0.29, 0.717) is 12.0 Å². The number of carboxylic acid groups (broad SMARTS) is 1. The van der Waals surface area contributed by atoms with E-state index in [0.717, 1.165) is 0 Å². The van der Waals surface area contributed by atoms with Gasteiger partial charge in [0.15, 0.2) is 0 Å². The van der Waals surface area contributed by atoms with Gasteiger partial charge in [0.25, 0.3) is 5.69 Å². The van der Waals surface area contributed by atoms with Crippen molar-refractivity contribution in [3.63, 3.8) is 0 Å². The van der Waals surface area contributed by atoms with Crippen LogP contribution in [0.25, 0.3) is 0 Å². The summed E-state index contributed by atoms with van der Waals surface area (Å²) in [6.45, 7) is 1.77. The molecule has 1 rings (SSSR count). The number of carboxylic acids is 1. The molecule has 0 aliphatic carbocycles. The number of nitro benzene ring substituents is 1. The lowest BCUT2D eigenvalue weighted by Gasteiger charge is -2.05. The summed E-state index contributed by atoms with van der Waals surface area (Å²) in [5.41, 5.74) is 0.162. The fourth-order valence-electron chi connectivity index (χ4n) is 1.61. The van der Waals surface area contributed by atoms with E-state index in [2.05, 4.69) is 0 Å². The van der Waals surface area contributed by atoms with Gasteiger partial charge in [-0.15, -0.1) is 0 Å². The van der Waals surface area contributed by atoms with Crippen molar-refractivity contribution >= 4 is 11.7 Å². The zero-order valence-electron chi connectivity index (χ0n) is 9.14. The number of nitriles is 1. The molecular formula is C11H10N2O4. The molecule has 88 valence electrons. The molecule has 0 aromatic heterocycles. The molecule has 0 saturated carbocycles. The van der Waals surface area contributed by atoms with Gasteiger partial charge >= 0.3 is 5.97 Å². The van der Waals surface area contributed by atoms with Gasteiger partial charge in [0.05, 0.1) is 11.3 Å². The molecule has 0 aliphatic rings. The normalized spacial score (nSPS) is 9.65. The molecule has 0 fully saturated rings. The molecule has 1 aromatic rings. The van der Waals surface area contributed by atoms with Crippen molar-refractivity contribution in [2.75, 3.05) is 0 Å². The highest BCUT2D eigenvalue weighted by Gasteiger charge is 2.23. The van der Waals surface area contributed by atoms with Crippen molar-refractivity contribution in [3.05, 3.63) is 38.9 Å². The summed E-state index contributed by atoms with van der Waals surface area (Å²) in [7, 11) is 0. The van der Waals surface area contributed by atoms with E-state index in [4.69, 9.17) is 10.4 Å². The lowest BCUT2D eigenvalue weighted by molar-refractivity contribution is -0.385. The maximum Gasteiger partial charge on any atom is 0.308 e. The summed E-state index contributed by atoms with van der Waals surface area (Å²) in [5.74, 6) is -1.17. The summed E-state index contributed by atoms with van der Waals surface area (Å²) in [4.78, 5) is 20.8. The van der Waals surface area contributed by atoms with Gasteiger partial charge in [-0.2, -0.15) is 5.26 Å². The number of carbonyl (C=O) groups is 1. The Morgan fingerprint density at radius 2 is 2.12 bits per heavy atom. The molecule has 0 amide bonds. The third-order valence-electron chi connectivity index (χ3n) is 2.36. The highest BCUT2D eigenvalue weighted by molar-refractivity contribution is 5.73. The molecule has 0 spiro atoms. The maximum atomic E-state index is 10.9. The summed E-state index contributed by atoms with van der Waals surface area (Å²) >= 11 is 0. The SMILES string of the molecule is CCc1ccc(CC(=O)O)c([N+](=O)[O-])c1C#N. The first-order valence-electron chi connectivity index (χ1n) is 4.92. The largest absolute Gasteiger partial charge is 0.481 e. The van der Waals surface area contributed by atoms with Gasteiger partial charge in [-0.3, -0.25) is 14.9 Å². The molecule has 0 bridgehead atoms. The lowest BCUT2D eigenvalue weighted by atomic mass is 9.98. The van der Waals surface area contributed by atoms with Crippen LogP contribution >= 0.6 is 0 Å². The minimum Gasteiger partial charge on any atom is -0.481 e. The van der Waals surface area contributed by atoms with Crippen molar-refractivity contribution in [2.24, 2.45) is 0 Å². The number of nitrogens with zero attached hydrogens (tertiary/aromatic N) is 2. The number of hydrogen-bond acceptors (Lipinski definition) is 4. The van der Waals surface area contributed by atoms with Crippen LogP contribution in [-0.2, 0) is 17.6 Å². The fraction of sp³-hybridized carbons (Fsp3) is 0.273. The lowest BCUT2D eigenvalue weighted by Crippen LogP contribution is -2.06. The second-order valence-electron chi connectivity index (χ2n) is 3.40. The van der Waals surface area contributed by atoms with E-state index in [9.17, 15) is 14.9 Å². The Hall–Kier alpha value is -2.42. The highest BCUT2D eigenvalue weighted by Crippen LogP contribution is 2.27. The third kappa shape index (κ3) is 2.58. The van der Waals surface area contributed by atoms with Crippen molar-refractivity contribution in [1.82, 2.24) is 0 Å². The molecule has 6 nitrogen and oxygen atoms in total. The second kappa shape index (κ2) is 5.07. The number of aryl methyl sites for hydroxylation is 1. The molecule has 17 heavy (non-hydrogen) atoms. The Balaban J connectivity index is 3.48. The Morgan fingerprint density at radius 3 is 2.53 bits per heavy atom. The molecular weight excluding hydrogens is 224 g/mol. The Labute approximate surface area is 97.3 Å². The Kier molecular flexibility index (Phi) is 3.78. The average molecular weight is 234 g/mol. The molecule has 1 aromatic carbocycles. The predicted octanol–water partition coefficient (Wildman–Crippen LogP) is 1.66. The Morgan fingerprint density at radius 1 is 1.53 bits per heavy atom. The highest BCUT2D eigenvalue weighted by atomic mass is 16.6. The topological polar surface area (TPSA) is 104 Å². The number of aliphatic carboxylic acids is 1. The van der Waals surface area contributed by atoms with Crippen LogP contribution < -0.4 is 0 Å². The molecule has 1 N–H and O–H groups in total. The third-order valence-corrected chi connectivity index (χ3v) is 2.36. The van der Waals surface area contributed by atoms with Crippen molar-refractivity contribution in [2.45, 2.75) is 19.8 Å². The summed E-state index contributed by atoms with van der Waals surface area (Å²) < 4.78 is 0. The molecule has 6 heteroatoms. The summed E-state index contributed by atoms with van der Waals surface area (Å²) in [6.07, 6.45) is 0.0199. The van der Waals surface area contributed by atoms with Crippen LogP contribution in [0.4, 0.5) is 5.69 Å². The molecule has 0 heterocycles. The van der Waals surface area contributed by atoms with Gasteiger partial charge < -0.3 is 5.11 Å². The summed E-state index contributed by atoms with van der Waals surface area (Å²) in [6, 6.07) is 4.73. The quantitative estimate of drug-likeness (QED) is 0.630. The zero-order chi connectivity index (χ0) is 13.0. The van der Waals surface area contributed by atoms with Crippen LogP contribution in [0.3, 0.4) is 0 Å². The van der Waals surface area contributed by atoms with Crippen LogP contribution in [0, 0.1) is 21.4 Å². The van der Waals surface area contributed by atoms with Crippen LogP contribution in [-0.4, -0.2) is 16.0 Å². The number of nitro groups is 1. The maximum absolute atomic E-state index is 10.9. The van der Waals surface area contributed by atoms with E-state index in [1.54, 1.807) is 19.1 Å². The van der Waals surface area contributed by atoms with Crippen LogP contribution in [0.5, 0.6) is 0 Å². The smallest absolute Gasteiger partial charge is 0.308 e. The van der Waals surface area contributed by atoms with Gasteiger partial charge in [0.2, 0.25) is 0 Å². The monoisotopic (exact) mass is 234 g/mol. The van der Waals surface area contributed by atoms with E-state index >= 15 is 0 Å². The van der Waals surface area contributed by atoms with Crippen LogP contribution in [0.2, 0.25) is 0 Å². The van der Waals surface area contributed by atoms with Crippen molar-refractivity contribution < 1.29 is 14.8 Å². The van der Waals surface area contributed by atoms with Gasteiger partial charge in [-0.1, -0.05) is 19.1 Å². The summed E-state index contributed by atoms with van der Waals surface area (Å²) in [5, 5.41) is 28.5. The molecule has 0 saturated heterocycles. The van der Waals surface area contributed by atoms with E-state index in [-0.39, 0.29) is 11.1 Å². The predicted molar refractivity (Wildman–Crippen MR) is 58.5 cm³/mol. The first-order valence-corrected chi connectivity index (χ1v) is 4.92. The van der Waals surface area contributed by atoms with Crippen molar-refractivity contribution in [1.29, 1.82) is 5.26 Å². The standard InChI is InChI=1S/C11H10N2O4/c1-2-7-3-4-8(5-10(14)15)11(13(16)17)9(7)6-12/h3-4H,2,5H2,1H3,(H,14,15). The number of rotatable bonds is 4. The van der Waals surface area contributed by atoms with Gasteiger partial charge in [0.1, 0.15) is 11.6 Å². The molecule has 0 atom stereocenters. The van der Waals surface area contributed by atoms with E-state index < -0.39 is 23.0 Å². The molecule has 0 aliphatic heterocycles. The van der Waals surface area contributed by atoms with E-state index in [1.807, 2.05) is 0 Å². The van der Waals surface area contributed by atoms with Gasteiger partial charge in [0, 0.05) is 5.56 Å². The number of benzene rings is 1. The second-order valence-corrected chi connectivity index (χ2v) is 3.40.